The molecule has 1 aromatic carbocycles. The van der Waals surface area contributed by atoms with Crippen molar-refractivity contribution in [3.8, 4) is 11.5 Å². The molecule has 1 rings (SSSR count). The van der Waals surface area contributed by atoms with Crippen LogP contribution in [-0.4, -0.2) is 25.7 Å². The first kappa shape index (κ1) is 16.3. The fourth-order valence-corrected chi connectivity index (χ4v) is 1.78. The van der Waals surface area contributed by atoms with Crippen LogP contribution in [0, 0.1) is 5.92 Å². The highest BCUT2D eigenvalue weighted by atomic mass is 16.5. The normalized spacial score (nSPS) is 11.8. The first-order valence-corrected chi connectivity index (χ1v) is 7.02. The summed E-state index contributed by atoms with van der Waals surface area (Å²) in [5, 5.41) is 2.88. The van der Waals surface area contributed by atoms with Gasteiger partial charge in [-0.2, -0.15) is 0 Å². The lowest BCUT2D eigenvalue weighted by atomic mass is 10.1. The summed E-state index contributed by atoms with van der Waals surface area (Å²) in [4.78, 5) is 12.1. The van der Waals surface area contributed by atoms with Crippen LogP contribution in [0.1, 0.15) is 27.2 Å². The van der Waals surface area contributed by atoms with Gasteiger partial charge in [-0.1, -0.05) is 6.92 Å². The van der Waals surface area contributed by atoms with E-state index in [0.29, 0.717) is 43.4 Å². The SMILES string of the molecule is CCOc1ccc(OCC)c(NC(=O)C(C)CCN)c1. The van der Waals surface area contributed by atoms with Crippen LogP contribution < -0.4 is 20.5 Å². The molecule has 0 spiro atoms. The van der Waals surface area contributed by atoms with Crippen molar-refractivity contribution in [2.45, 2.75) is 27.2 Å². The van der Waals surface area contributed by atoms with Crippen LogP contribution in [0.2, 0.25) is 0 Å². The largest absolute Gasteiger partial charge is 0.494 e. The number of anilines is 1. The van der Waals surface area contributed by atoms with Gasteiger partial charge in [0.1, 0.15) is 11.5 Å². The van der Waals surface area contributed by atoms with E-state index in [9.17, 15) is 4.79 Å². The van der Waals surface area contributed by atoms with Gasteiger partial charge in [0, 0.05) is 12.0 Å². The van der Waals surface area contributed by atoms with Crippen molar-refractivity contribution in [3.05, 3.63) is 18.2 Å². The third-order valence-corrected chi connectivity index (χ3v) is 2.87. The minimum atomic E-state index is -0.134. The first-order valence-electron chi connectivity index (χ1n) is 7.02. The summed E-state index contributed by atoms with van der Waals surface area (Å²) < 4.78 is 11.0. The van der Waals surface area contributed by atoms with Gasteiger partial charge in [-0.05, 0) is 38.9 Å². The summed E-state index contributed by atoms with van der Waals surface area (Å²) in [5.74, 6) is 1.15. The molecule has 0 aliphatic rings. The number of nitrogens with two attached hydrogens (primary N) is 1. The minimum Gasteiger partial charge on any atom is -0.494 e. The van der Waals surface area contributed by atoms with E-state index in [1.54, 1.807) is 12.1 Å². The average molecular weight is 280 g/mol. The second-order valence-corrected chi connectivity index (χ2v) is 4.49. The van der Waals surface area contributed by atoms with E-state index in [0.717, 1.165) is 0 Å². The number of carbonyl (C=O) groups excluding carboxylic acids is 1. The second kappa shape index (κ2) is 8.43. The van der Waals surface area contributed by atoms with Crippen molar-refractivity contribution in [1.82, 2.24) is 0 Å². The second-order valence-electron chi connectivity index (χ2n) is 4.49. The third kappa shape index (κ3) is 4.74. The van der Waals surface area contributed by atoms with Crippen molar-refractivity contribution < 1.29 is 14.3 Å². The van der Waals surface area contributed by atoms with E-state index in [-0.39, 0.29) is 11.8 Å². The number of ether oxygens (including phenoxy) is 2. The molecule has 1 aromatic rings. The Bertz CT molecular complexity index is 435. The van der Waals surface area contributed by atoms with Crippen LogP contribution in [0.5, 0.6) is 11.5 Å². The number of benzene rings is 1. The number of rotatable bonds is 8. The van der Waals surface area contributed by atoms with Gasteiger partial charge < -0.3 is 20.5 Å². The highest BCUT2D eigenvalue weighted by molar-refractivity contribution is 5.94. The Morgan fingerprint density at radius 2 is 2.00 bits per heavy atom. The first-order chi connectivity index (χ1) is 9.62. The molecule has 0 fully saturated rings. The van der Waals surface area contributed by atoms with E-state index in [1.807, 2.05) is 26.8 Å². The average Bonchev–Trinajstić information content (AvgIpc) is 2.42. The molecular weight excluding hydrogens is 256 g/mol. The zero-order valence-electron chi connectivity index (χ0n) is 12.4. The maximum atomic E-state index is 12.1. The maximum absolute atomic E-state index is 12.1. The molecule has 1 atom stereocenters. The molecule has 0 saturated carbocycles. The van der Waals surface area contributed by atoms with E-state index in [2.05, 4.69) is 5.32 Å². The Balaban J connectivity index is 2.88. The van der Waals surface area contributed by atoms with Crippen LogP contribution in [0.25, 0.3) is 0 Å². The van der Waals surface area contributed by atoms with Gasteiger partial charge in [-0.25, -0.2) is 0 Å². The molecule has 1 unspecified atom stereocenters. The van der Waals surface area contributed by atoms with Crippen LogP contribution in [0.3, 0.4) is 0 Å². The minimum absolute atomic E-state index is 0.0648. The molecule has 20 heavy (non-hydrogen) atoms. The van der Waals surface area contributed by atoms with E-state index >= 15 is 0 Å². The summed E-state index contributed by atoms with van der Waals surface area (Å²) in [5.41, 5.74) is 6.11. The molecular formula is C15H24N2O3. The fraction of sp³-hybridized carbons (Fsp3) is 0.533. The fourth-order valence-electron chi connectivity index (χ4n) is 1.78. The van der Waals surface area contributed by atoms with Gasteiger partial charge in [0.25, 0.3) is 0 Å². The molecule has 112 valence electrons. The number of nitrogens with one attached hydrogen (secondary N) is 1. The third-order valence-electron chi connectivity index (χ3n) is 2.87. The number of hydrogen-bond acceptors (Lipinski definition) is 4. The van der Waals surface area contributed by atoms with Crippen molar-refractivity contribution in [3.63, 3.8) is 0 Å². The number of amides is 1. The molecule has 3 N–H and O–H groups in total. The highest BCUT2D eigenvalue weighted by Crippen LogP contribution is 2.30. The van der Waals surface area contributed by atoms with Gasteiger partial charge in [0.05, 0.1) is 18.9 Å². The van der Waals surface area contributed by atoms with Gasteiger partial charge in [-0.3, -0.25) is 4.79 Å². The van der Waals surface area contributed by atoms with Crippen molar-refractivity contribution in [2.24, 2.45) is 11.7 Å². The molecule has 5 nitrogen and oxygen atoms in total. The lowest BCUT2D eigenvalue weighted by Gasteiger charge is -2.15. The van der Waals surface area contributed by atoms with Crippen molar-refractivity contribution >= 4 is 11.6 Å². The maximum Gasteiger partial charge on any atom is 0.227 e. The quantitative estimate of drug-likeness (QED) is 0.767. The topological polar surface area (TPSA) is 73.6 Å². The monoisotopic (exact) mass is 280 g/mol. The van der Waals surface area contributed by atoms with Crippen molar-refractivity contribution in [2.75, 3.05) is 25.1 Å². The van der Waals surface area contributed by atoms with E-state index in [1.165, 1.54) is 0 Å². The Labute approximate surface area is 120 Å². The Kier molecular flexibility index (Phi) is 6.87. The van der Waals surface area contributed by atoms with Gasteiger partial charge in [0.15, 0.2) is 0 Å². The highest BCUT2D eigenvalue weighted by Gasteiger charge is 2.15. The van der Waals surface area contributed by atoms with Gasteiger partial charge in [-0.15, -0.1) is 0 Å². The predicted octanol–water partition coefficient (Wildman–Crippen LogP) is 2.41. The molecule has 0 aliphatic carbocycles. The summed E-state index contributed by atoms with van der Waals surface area (Å²) in [7, 11) is 0. The molecule has 0 bridgehead atoms. The molecule has 0 saturated heterocycles. The smallest absolute Gasteiger partial charge is 0.227 e. The van der Waals surface area contributed by atoms with Gasteiger partial charge >= 0.3 is 0 Å². The summed E-state index contributed by atoms with van der Waals surface area (Å²) >= 11 is 0. The Hall–Kier alpha value is -1.75. The van der Waals surface area contributed by atoms with Crippen LogP contribution in [0.15, 0.2) is 18.2 Å². The lowest BCUT2D eigenvalue weighted by molar-refractivity contribution is -0.119. The number of carbonyl (C=O) groups is 1. The summed E-state index contributed by atoms with van der Waals surface area (Å²) in [6.45, 7) is 7.28. The predicted molar refractivity (Wildman–Crippen MR) is 80.2 cm³/mol. The van der Waals surface area contributed by atoms with E-state index < -0.39 is 0 Å². The van der Waals surface area contributed by atoms with E-state index in [4.69, 9.17) is 15.2 Å². The standard InChI is InChI=1S/C15H24N2O3/c1-4-19-12-6-7-14(20-5-2)13(10-12)17-15(18)11(3)8-9-16/h6-7,10-11H,4-5,8-9,16H2,1-3H3,(H,17,18). The summed E-state index contributed by atoms with van der Waals surface area (Å²) in [6.07, 6.45) is 0.654. The summed E-state index contributed by atoms with van der Waals surface area (Å²) in [6, 6.07) is 5.41. The van der Waals surface area contributed by atoms with Gasteiger partial charge in [0.2, 0.25) is 5.91 Å². The molecule has 5 heteroatoms. The molecule has 0 radical (unpaired) electrons. The van der Waals surface area contributed by atoms with Crippen LogP contribution >= 0.6 is 0 Å². The Morgan fingerprint density at radius 3 is 2.60 bits per heavy atom. The van der Waals surface area contributed by atoms with Crippen LogP contribution in [-0.2, 0) is 4.79 Å². The Morgan fingerprint density at radius 1 is 1.30 bits per heavy atom. The molecule has 0 heterocycles. The molecule has 0 aliphatic heterocycles. The number of hydrogen-bond donors (Lipinski definition) is 2. The van der Waals surface area contributed by atoms with Crippen LogP contribution in [0.4, 0.5) is 5.69 Å². The zero-order chi connectivity index (χ0) is 15.0. The lowest BCUT2D eigenvalue weighted by Crippen LogP contribution is -2.23. The molecule has 1 amide bonds. The molecule has 0 aromatic heterocycles. The zero-order valence-corrected chi connectivity index (χ0v) is 12.4. The van der Waals surface area contributed by atoms with Crippen molar-refractivity contribution in [1.29, 1.82) is 0 Å².